The van der Waals surface area contributed by atoms with Crippen LogP contribution in [0.4, 0.5) is 5.82 Å². The van der Waals surface area contributed by atoms with Crippen LogP contribution in [-0.4, -0.2) is 55.9 Å². The number of nitrogens with one attached hydrogen (secondary N) is 1. The van der Waals surface area contributed by atoms with E-state index < -0.39 is 36.2 Å². The zero-order chi connectivity index (χ0) is 17.1. The van der Waals surface area contributed by atoms with E-state index in [0.717, 1.165) is 4.57 Å². The Hall–Kier alpha value is -2.01. The average molecular weight is 329 g/mol. The lowest BCUT2D eigenvalue weighted by atomic mass is 10.1. The number of rotatable bonds is 5. The number of nitrogens with zero attached hydrogens (tertiary/aromatic N) is 2. The first-order valence-electron chi connectivity index (χ1n) is 7.02. The predicted molar refractivity (Wildman–Crippen MR) is 75.6 cm³/mol. The van der Waals surface area contributed by atoms with Crippen LogP contribution in [0, 0.1) is 5.92 Å². The van der Waals surface area contributed by atoms with E-state index in [2.05, 4.69) is 4.98 Å². The Morgan fingerprint density at radius 2 is 2.17 bits per heavy atom. The first-order chi connectivity index (χ1) is 10.8. The highest BCUT2D eigenvalue weighted by molar-refractivity contribution is 5.71. The predicted octanol–water partition coefficient (Wildman–Crippen LogP) is -1.14. The molecule has 4 atom stereocenters. The van der Waals surface area contributed by atoms with Crippen LogP contribution in [0.3, 0.4) is 0 Å². The van der Waals surface area contributed by atoms with E-state index in [-0.39, 0.29) is 18.3 Å². The Balaban J connectivity index is 2.10. The fourth-order valence-corrected chi connectivity index (χ4v) is 2.10. The molecule has 1 saturated heterocycles. The number of aliphatic hydroxyl groups excluding tert-OH is 2. The van der Waals surface area contributed by atoms with Crippen LogP contribution in [0.2, 0.25) is 0 Å². The van der Waals surface area contributed by atoms with Crippen molar-refractivity contribution in [2.24, 2.45) is 5.92 Å². The second kappa shape index (κ2) is 7.04. The number of carbonyl (C=O) groups excluding carboxylic acids is 1. The van der Waals surface area contributed by atoms with Crippen LogP contribution >= 0.6 is 0 Å². The molecule has 10 nitrogen and oxygen atoms in total. The van der Waals surface area contributed by atoms with Gasteiger partial charge in [-0.15, -0.1) is 0 Å². The molecule has 0 bridgehead atoms. The Morgan fingerprint density at radius 1 is 1.48 bits per heavy atom. The summed E-state index contributed by atoms with van der Waals surface area (Å²) in [6, 6.07) is 1.29. The van der Waals surface area contributed by atoms with Crippen molar-refractivity contribution in [2.45, 2.75) is 38.4 Å². The lowest BCUT2D eigenvalue weighted by molar-refractivity contribution is -0.153. The van der Waals surface area contributed by atoms with E-state index in [1.54, 1.807) is 19.3 Å². The molecule has 3 unspecified atom stereocenters. The number of hydrogen-bond acceptors (Lipinski definition) is 9. The van der Waals surface area contributed by atoms with Gasteiger partial charge in [0.1, 0.15) is 24.9 Å². The molecule has 2 rings (SSSR count). The number of esters is 1. The second-order valence-corrected chi connectivity index (χ2v) is 5.45. The summed E-state index contributed by atoms with van der Waals surface area (Å²) in [7, 11) is 0. The highest BCUT2D eigenvalue weighted by Crippen LogP contribution is 2.28. The third-order valence-corrected chi connectivity index (χ3v) is 3.42. The maximum Gasteiger partial charge on any atom is 0.351 e. The molecule has 2 heterocycles. The maximum absolute atomic E-state index is 11.8. The maximum atomic E-state index is 11.8. The van der Waals surface area contributed by atoms with Gasteiger partial charge in [0, 0.05) is 6.20 Å². The number of hydrogen-bond donors (Lipinski definition) is 4. The first kappa shape index (κ1) is 17.3. The van der Waals surface area contributed by atoms with Gasteiger partial charge in [-0.05, 0) is 6.07 Å². The van der Waals surface area contributed by atoms with Crippen molar-refractivity contribution in [3.8, 4) is 0 Å². The van der Waals surface area contributed by atoms with E-state index in [9.17, 15) is 19.8 Å². The highest BCUT2D eigenvalue weighted by atomic mass is 16.6. The van der Waals surface area contributed by atoms with E-state index >= 15 is 0 Å². The van der Waals surface area contributed by atoms with Crippen molar-refractivity contribution in [2.75, 3.05) is 12.1 Å². The summed E-state index contributed by atoms with van der Waals surface area (Å²) in [5.74, 6) is -0.864. The van der Waals surface area contributed by atoms with Crippen LogP contribution in [0.5, 0.6) is 0 Å². The van der Waals surface area contributed by atoms with Crippen LogP contribution in [0.25, 0.3) is 0 Å². The Labute approximate surface area is 131 Å². The topological polar surface area (TPSA) is 143 Å². The summed E-state index contributed by atoms with van der Waals surface area (Å²) in [5, 5.41) is 28.7. The van der Waals surface area contributed by atoms with Crippen LogP contribution < -0.4 is 11.2 Å². The summed E-state index contributed by atoms with van der Waals surface area (Å²) in [5.41, 5.74) is 0.931. The van der Waals surface area contributed by atoms with Crippen LogP contribution in [-0.2, 0) is 14.3 Å². The molecule has 1 aliphatic heterocycles. The molecular weight excluding hydrogens is 310 g/mol. The van der Waals surface area contributed by atoms with E-state index in [0.29, 0.717) is 0 Å². The van der Waals surface area contributed by atoms with Gasteiger partial charge in [-0.1, -0.05) is 13.8 Å². The third kappa shape index (κ3) is 3.67. The molecule has 0 amide bonds. The van der Waals surface area contributed by atoms with Gasteiger partial charge in [0.05, 0.1) is 5.92 Å². The quantitative estimate of drug-likeness (QED) is 0.389. The van der Waals surface area contributed by atoms with Gasteiger partial charge >= 0.3 is 11.7 Å². The monoisotopic (exact) mass is 329 g/mol. The molecule has 0 radical (unpaired) electrons. The fraction of sp³-hybridized carbons (Fsp3) is 0.615. The van der Waals surface area contributed by atoms with Crippen molar-refractivity contribution in [3.05, 3.63) is 22.7 Å². The molecule has 0 saturated carbocycles. The number of carbonyl (C=O) groups is 1. The van der Waals surface area contributed by atoms with Gasteiger partial charge in [0.15, 0.2) is 12.0 Å². The Morgan fingerprint density at radius 3 is 2.74 bits per heavy atom. The third-order valence-electron chi connectivity index (χ3n) is 3.42. The zero-order valence-corrected chi connectivity index (χ0v) is 12.6. The molecule has 0 spiro atoms. The van der Waals surface area contributed by atoms with E-state index in [1.807, 2.05) is 0 Å². The summed E-state index contributed by atoms with van der Waals surface area (Å²) >= 11 is 0. The first-order valence-corrected chi connectivity index (χ1v) is 7.02. The summed E-state index contributed by atoms with van der Waals surface area (Å²) in [4.78, 5) is 26.8. The van der Waals surface area contributed by atoms with Crippen molar-refractivity contribution in [1.82, 2.24) is 9.55 Å². The summed E-state index contributed by atoms with van der Waals surface area (Å²) in [6.07, 6.45) is -3.63. The number of aromatic nitrogens is 2. The highest BCUT2D eigenvalue weighted by Gasteiger charge is 2.44. The summed E-state index contributed by atoms with van der Waals surface area (Å²) < 4.78 is 11.4. The number of ether oxygens (including phenoxy) is 2. The van der Waals surface area contributed by atoms with Crippen LogP contribution in [0.15, 0.2) is 17.1 Å². The summed E-state index contributed by atoms with van der Waals surface area (Å²) in [6.45, 7) is 3.08. The van der Waals surface area contributed by atoms with Crippen molar-refractivity contribution in [1.29, 1.82) is 0 Å². The normalized spacial score (nSPS) is 27.2. The molecule has 1 aromatic rings. The minimum Gasteiger partial charge on any atom is -0.463 e. The van der Waals surface area contributed by atoms with Crippen LogP contribution in [0.1, 0.15) is 20.1 Å². The molecule has 0 aromatic carbocycles. The van der Waals surface area contributed by atoms with E-state index in [4.69, 9.17) is 14.7 Å². The number of anilines is 1. The van der Waals surface area contributed by atoms with Gasteiger partial charge in [0.2, 0.25) is 0 Å². The van der Waals surface area contributed by atoms with Gasteiger partial charge in [-0.3, -0.25) is 20.0 Å². The Bertz CT molecular complexity index is 618. The smallest absolute Gasteiger partial charge is 0.351 e. The van der Waals surface area contributed by atoms with Crippen molar-refractivity contribution in [3.63, 3.8) is 0 Å². The SMILES string of the molecule is CC(C)C(=O)OCC1OC(n2ccc(NO)nc2=O)C(O)[C@H]1O. The molecule has 10 heteroatoms. The van der Waals surface area contributed by atoms with E-state index in [1.165, 1.54) is 12.3 Å². The molecule has 4 N–H and O–H groups in total. The molecule has 1 aliphatic rings. The number of aliphatic hydroxyl groups is 2. The zero-order valence-electron chi connectivity index (χ0n) is 12.6. The minimum absolute atomic E-state index is 0.0679. The van der Waals surface area contributed by atoms with Gasteiger partial charge in [0.25, 0.3) is 0 Å². The molecule has 23 heavy (non-hydrogen) atoms. The van der Waals surface area contributed by atoms with Crippen molar-refractivity contribution < 1.29 is 29.7 Å². The lowest BCUT2D eigenvalue weighted by Crippen LogP contribution is -2.36. The van der Waals surface area contributed by atoms with Crippen molar-refractivity contribution >= 4 is 11.8 Å². The standard InChI is InChI=1S/C13H19N3O7/c1-6(2)12(19)22-5-7-9(17)10(18)11(23-7)16-4-3-8(15-21)14-13(16)20/h3-4,6-7,9-11,17-18,21H,5H2,1-2H3,(H,14,15,20)/t7?,9-,10?,11?/m0/s1. The largest absolute Gasteiger partial charge is 0.463 e. The molecule has 1 aromatic heterocycles. The van der Waals surface area contributed by atoms with Gasteiger partial charge in [-0.2, -0.15) is 4.98 Å². The van der Waals surface area contributed by atoms with Gasteiger partial charge < -0.3 is 19.7 Å². The average Bonchev–Trinajstić information content (AvgIpc) is 2.80. The van der Waals surface area contributed by atoms with Gasteiger partial charge in [-0.25, -0.2) is 4.79 Å². The molecule has 1 fully saturated rings. The molecular formula is C13H19N3O7. The lowest BCUT2D eigenvalue weighted by Gasteiger charge is -2.17. The molecule has 0 aliphatic carbocycles. The molecule has 128 valence electrons. The minimum atomic E-state index is -1.40. The second-order valence-electron chi connectivity index (χ2n) is 5.45. The fourth-order valence-electron chi connectivity index (χ4n) is 2.10. The Kier molecular flexibility index (Phi) is 5.31.